The number of rotatable bonds is 12. The number of aliphatic hydroxyl groups is 1. The van der Waals surface area contributed by atoms with Gasteiger partial charge in [0.05, 0.1) is 24.5 Å². The summed E-state index contributed by atoms with van der Waals surface area (Å²) >= 11 is 1.25. The summed E-state index contributed by atoms with van der Waals surface area (Å²) < 4.78 is 44.8. The molecule has 2 aromatic heterocycles. The van der Waals surface area contributed by atoms with Crippen molar-refractivity contribution in [1.29, 1.82) is 0 Å². The smallest absolute Gasteiger partial charge is 0.459 e. The van der Waals surface area contributed by atoms with E-state index in [0.29, 0.717) is 20.9 Å². The summed E-state index contributed by atoms with van der Waals surface area (Å²) in [6, 6.07) is 7.33. The molecule has 0 saturated carbocycles. The number of nitrogens with zero attached hydrogens (tertiary/aromatic N) is 2. The van der Waals surface area contributed by atoms with Crippen LogP contribution in [0.25, 0.3) is 10.3 Å². The van der Waals surface area contributed by atoms with E-state index in [1.807, 2.05) is 13.8 Å². The first kappa shape index (κ1) is 32.8. The summed E-state index contributed by atoms with van der Waals surface area (Å²) in [4.78, 5) is 31.0. The van der Waals surface area contributed by atoms with Crippen LogP contribution in [0, 0.1) is 0 Å². The second-order valence-electron chi connectivity index (χ2n) is 12.0. The van der Waals surface area contributed by atoms with Crippen LogP contribution in [0.3, 0.4) is 0 Å². The number of benzene rings is 1. The molecular formula is C29H38N5O9PS. The molecule has 4 N–H and O–H groups in total. The summed E-state index contributed by atoms with van der Waals surface area (Å²) in [5, 5.41) is 19.4. The van der Waals surface area contributed by atoms with Crippen molar-refractivity contribution in [2.24, 2.45) is 0 Å². The number of amides is 1. The molecule has 0 radical (unpaired) electrons. The van der Waals surface area contributed by atoms with E-state index in [9.17, 15) is 19.3 Å². The van der Waals surface area contributed by atoms with Crippen molar-refractivity contribution < 1.29 is 42.5 Å². The number of anilines is 1. The van der Waals surface area contributed by atoms with E-state index in [-0.39, 0.29) is 35.7 Å². The van der Waals surface area contributed by atoms with Crippen LogP contribution >= 0.6 is 19.1 Å². The maximum absolute atomic E-state index is 14.0. The number of para-hydroxylation sites is 1. The quantitative estimate of drug-likeness (QED) is 0.116. The molecule has 1 aromatic carbocycles. The molecule has 0 bridgehead atoms. The van der Waals surface area contributed by atoms with Gasteiger partial charge in [0.1, 0.15) is 45.0 Å². The standard InChI is InChI=1S/C29H38N5O9PS/c1-16(2)40-27(36)17(3)33-44(38,43-18-11-9-8-10-12-18)39-14-20-19(42-29(6,7)37)13-21(41-20)34-15-30-26-23(34)22-24(45-26)25(35)32-28(4,5)31-22/h8-12,15-17,21,31,37H,13-14H2,1-7H3,(H,32,35)(H,33,38)/t17-,21+,44-/m0/s1. The first-order valence-corrected chi connectivity index (χ1v) is 16.8. The van der Waals surface area contributed by atoms with Gasteiger partial charge in [-0.25, -0.2) is 9.55 Å². The Hall–Kier alpha value is -3.62. The molecule has 16 heteroatoms. The Labute approximate surface area is 264 Å². The van der Waals surface area contributed by atoms with Gasteiger partial charge in [-0.2, -0.15) is 5.09 Å². The summed E-state index contributed by atoms with van der Waals surface area (Å²) in [5.41, 5.74) is 0.610. The van der Waals surface area contributed by atoms with Crippen LogP contribution in [0.4, 0.5) is 5.69 Å². The van der Waals surface area contributed by atoms with Gasteiger partial charge >= 0.3 is 13.7 Å². The Morgan fingerprint density at radius 1 is 1.27 bits per heavy atom. The Bertz CT molecular complexity index is 1660. The van der Waals surface area contributed by atoms with Crippen LogP contribution in [-0.2, 0) is 28.1 Å². The van der Waals surface area contributed by atoms with Gasteiger partial charge in [-0.3, -0.25) is 18.7 Å². The number of ether oxygens (including phenoxy) is 3. The lowest BCUT2D eigenvalue weighted by molar-refractivity contribution is -0.150. The number of carbonyl (C=O) groups is 2. The monoisotopic (exact) mass is 663 g/mol. The summed E-state index contributed by atoms with van der Waals surface area (Å²) in [5.74, 6) is -1.78. The number of nitrogens with one attached hydrogen (secondary N) is 3. The van der Waals surface area contributed by atoms with E-state index in [2.05, 4.69) is 20.7 Å². The van der Waals surface area contributed by atoms with Gasteiger partial charge in [0.25, 0.3) is 5.91 Å². The third-order valence-corrected chi connectivity index (χ3v) is 9.23. The van der Waals surface area contributed by atoms with Crippen LogP contribution in [0.2, 0.25) is 0 Å². The van der Waals surface area contributed by atoms with Crippen LogP contribution in [-0.4, -0.2) is 56.7 Å². The fourth-order valence-corrected chi connectivity index (χ4v) is 7.22. The normalized spacial score (nSPS) is 19.8. The first-order chi connectivity index (χ1) is 21.0. The number of esters is 1. The second-order valence-corrected chi connectivity index (χ2v) is 14.7. The van der Waals surface area contributed by atoms with E-state index in [1.54, 1.807) is 55.1 Å². The van der Waals surface area contributed by atoms with E-state index in [0.717, 1.165) is 0 Å². The van der Waals surface area contributed by atoms with Gasteiger partial charge in [0.15, 0.2) is 12.0 Å². The van der Waals surface area contributed by atoms with Crippen molar-refractivity contribution >= 4 is 47.0 Å². The third-order valence-electron chi connectivity index (χ3n) is 6.52. The first-order valence-electron chi connectivity index (χ1n) is 14.4. The maximum atomic E-state index is 14.0. The number of fused-ring (bicyclic) bond motifs is 3. The van der Waals surface area contributed by atoms with Gasteiger partial charge in [0, 0.05) is 13.8 Å². The Balaban J connectivity index is 1.42. The highest BCUT2D eigenvalue weighted by Crippen LogP contribution is 2.48. The van der Waals surface area contributed by atoms with Crippen molar-refractivity contribution in [2.45, 2.75) is 84.7 Å². The van der Waals surface area contributed by atoms with Crippen LogP contribution in [0.1, 0.15) is 70.8 Å². The lowest BCUT2D eigenvalue weighted by Crippen LogP contribution is -2.52. The van der Waals surface area contributed by atoms with E-state index in [1.165, 1.54) is 32.1 Å². The molecule has 14 nitrogen and oxygen atoms in total. The minimum Gasteiger partial charge on any atom is -0.468 e. The molecule has 5 rings (SSSR count). The molecule has 3 atom stereocenters. The summed E-state index contributed by atoms with van der Waals surface area (Å²) in [6.45, 7) is 11.1. The molecule has 0 aliphatic carbocycles. The summed E-state index contributed by atoms with van der Waals surface area (Å²) in [6.07, 6.45) is 0.669. The number of imidazole rings is 1. The largest absolute Gasteiger partial charge is 0.468 e. The van der Waals surface area contributed by atoms with Crippen molar-refractivity contribution in [3.63, 3.8) is 0 Å². The SMILES string of the molecule is CC(C)OC(=O)[C@H](C)N[P@](=O)(OCC1=C(OC(C)(C)O)C[C@H](n2cnc3sc4c(c32)NC(C)(C)NC4=O)O1)Oc1ccccc1. The van der Waals surface area contributed by atoms with Crippen LogP contribution in [0.15, 0.2) is 48.2 Å². The topological polar surface area (TPSA) is 171 Å². The van der Waals surface area contributed by atoms with E-state index >= 15 is 0 Å². The maximum Gasteiger partial charge on any atom is 0.459 e. The molecule has 0 unspecified atom stereocenters. The molecule has 0 spiro atoms. The molecule has 1 amide bonds. The fourth-order valence-electron chi connectivity index (χ4n) is 4.78. The Kier molecular flexibility index (Phi) is 8.95. The Morgan fingerprint density at radius 3 is 2.64 bits per heavy atom. The predicted molar refractivity (Wildman–Crippen MR) is 166 cm³/mol. The van der Waals surface area contributed by atoms with Gasteiger partial charge < -0.3 is 34.5 Å². The lowest BCUT2D eigenvalue weighted by Gasteiger charge is -2.33. The average Bonchev–Trinajstić information content (AvgIpc) is 3.60. The van der Waals surface area contributed by atoms with Crippen LogP contribution < -0.4 is 20.2 Å². The zero-order chi connectivity index (χ0) is 32.7. The highest BCUT2D eigenvalue weighted by atomic mass is 32.1. The molecule has 2 aliphatic rings. The number of thiophene rings is 1. The average molecular weight is 664 g/mol. The molecule has 0 fully saturated rings. The molecule has 3 aromatic rings. The van der Waals surface area contributed by atoms with Crippen molar-refractivity contribution in [1.82, 2.24) is 20.0 Å². The van der Waals surface area contributed by atoms with Crippen molar-refractivity contribution in [2.75, 3.05) is 11.9 Å². The molecule has 244 valence electrons. The zero-order valence-corrected chi connectivity index (χ0v) is 27.8. The van der Waals surface area contributed by atoms with Crippen LogP contribution in [0.5, 0.6) is 5.75 Å². The van der Waals surface area contributed by atoms with Gasteiger partial charge in [-0.1, -0.05) is 18.2 Å². The molecular weight excluding hydrogens is 625 g/mol. The van der Waals surface area contributed by atoms with Crippen molar-refractivity contribution in [3.05, 3.63) is 53.1 Å². The lowest BCUT2D eigenvalue weighted by atomic mass is 10.1. The molecule has 2 aliphatic heterocycles. The Morgan fingerprint density at radius 2 is 1.98 bits per heavy atom. The number of carbonyl (C=O) groups excluding carboxylic acids is 2. The molecule has 0 saturated heterocycles. The predicted octanol–water partition coefficient (Wildman–Crippen LogP) is 5.00. The van der Waals surface area contributed by atoms with E-state index < -0.39 is 44.0 Å². The highest BCUT2D eigenvalue weighted by Gasteiger charge is 2.39. The van der Waals surface area contributed by atoms with Crippen molar-refractivity contribution in [3.8, 4) is 5.75 Å². The van der Waals surface area contributed by atoms with Gasteiger partial charge in [-0.15, -0.1) is 11.3 Å². The fraction of sp³-hybridized carbons (Fsp3) is 0.483. The van der Waals surface area contributed by atoms with Gasteiger partial charge in [0.2, 0.25) is 5.79 Å². The second kappa shape index (κ2) is 12.3. The molecule has 45 heavy (non-hydrogen) atoms. The summed E-state index contributed by atoms with van der Waals surface area (Å²) in [7, 11) is -4.23. The number of hydrogen-bond acceptors (Lipinski definition) is 12. The number of hydrogen-bond donors (Lipinski definition) is 4. The highest BCUT2D eigenvalue weighted by molar-refractivity contribution is 7.52. The van der Waals surface area contributed by atoms with Gasteiger partial charge in [-0.05, 0) is 46.8 Å². The minimum atomic E-state index is -4.23. The van der Waals surface area contributed by atoms with E-state index in [4.69, 9.17) is 23.3 Å². The third kappa shape index (κ3) is 7.61. The number of aromatic nitrogens is 2. The molecule has 4 heterocycles. The zero-order valence-electron chi connectivity index (χ0n) is 26.1. The minimum absolute atomic E-state index is 0.148.